The molecule has 786 valence electrons. The highest BCUT2D eigenvalue weighted by Gasteiger charge is 2.55. The van der Waals surface area contributed by atoms with Crippen LogP contribution in [0.15, 0.2) is 60.7 Å². The van der Waals surface area contributed by atoms with Crippen LogP contribution in [-0.2, 0) is 49.2 Å². The van der Waals surface area contributed by atoms with E-state index in [0.717, 1.165) is 286 Å². The number of halogens is 2. The van der Waals surface area contributed by atoms with Gasteiger partial charge in [0.2, 0.25) is 47.3 Å². The van der Waals surface area contributed by atoms with Crippen LogP contribution in [0.2, 0.25) is 0 Å². The van der Waals surface area contributed by atoms with Crippen LogP contribution < -0.4 is 0 Å². The van der Waals surface area contributed by atoms with E-state index < -0.39 is 17.4 Å². The lowest BCUT2D eigenvalue weighted by atomic mass is 9.63. The summed E-state index contributed by atoms with van der Waals surface area (Å²) in [4.78, 5) is 134. The van der Waals surface area contributed by atoms with Gasteiger partial charge in [0.25, 0.3) is 5.91 Å². The van der Waals surface area contributed by atoms with Crippen molar-refractivity contribution < 1.29 is 62.5 Å². The SMILES string of the molecule is CC(C)N1CCN(C(=O)C2(O)CC2)CC1.CC(C)N1CCN(C(=O)C2(c3ccccc3)CC2)CC1.CC(C)N1CCN(C(=O)C2(c3ccccc3)CCC2)CC1.CC(C)N1CCN(C(=O)C2CC2)CC1.CC(C)N1CCN(C(=O)C2CCC(F)(F)C2)CC1.CC(C)N1CCN(C(=O)C2CCC(O)C2)CC1.CC(C)N1CCN(C(=O)C2CCC(O)CC2)CC1.CC(C)N1CCN(C(=O)C2CCCC2)CC1. The van der Waals surface area contributed by atoms with Crippen LogP contribution >= 0.6 is 0 Å². The van der Waals surface area contributed by atoms with E-state index in [-0.39, 0.29) is 65.4 Å². The first-order valence-corrected chi connectivity index (χ1v) is 55.0. The lowest BCUT2D eigenvalue weighted by Crippen LogP contribution is -2.57. The Morgan fingerprint density at radius 3 is 0.727 bits per heavy atom. The van der Waals surface area contributed by atoms with Crippen LogP contribution in [0.1, 0.15) is 270 Å². The van der Waals surface area contributed by atoms with Crippen molar-refractivity contribution in [3.05, 3.63) is 71.8 Å². The molecule has 139 heavy (non-hydrogen) atoms. The van der Waals surface area contributed by atoms with Crippen LogP contribution in [0.5, 0.6) is 0 Å². The Morgan fingerprint density at radius 2 is 0.496 bits per heavy atom. The van der Waals surface area contributed by atoms with Gasteiger partial charge in [-0.05, 0) is 237 Å². The summed E-state index contributed by atoms with van der Waals surface area (Å²) >= 11 is 0. The molecule has 0 aromatic heterocycles. The Morgan fingerprint density at radius 1 is 0.259 bits per heavy atom. The summed E-state index contributed by atoms with van der Waals surface area (Å²) < 4.78 is 26.2. The van der Waals surface area contributed by atoms with Gasteiger partial charge in [-0.2, -0.15) is 0 Å². The van der Waals surface area contributed by atoms with Gasteiger partial charge in [0.15, 0.2) is 0 Å². The summed E-state index contributed by atoms with van der Waals surface area (Å²) in [5.74, 6) is -0.0481. The molecule has 8 amide bonds. The van der Waals surface area contributed by atoms with Crippen LogP contribution in [0.3, 0.4) is 0 Å². The van der Waals surface area contributed by atoms with Gasteiger partial charge in [0.05, 0.1) is 23.0 Å². The first kappa shape index (κ1) is 113. The molecule has 0 radical (unpaired) electrons. The van der Waals surface area contributed by atoms with Gasteiger partial charge in [0, 0.05) is 300 Å². The van der Waals surface area contributed by atoms with Crippen LogP contribution in [0, 0.1) is 29.6 Å². The number of aliphatic hydroxyl groups is 3. The van der Waals surface area contributed by atoms with Gasteiger partial charge in [-0.1, -0.05) is 79.9 Å². The number of nitrogens with zero attached hydrogens (tertiary/aromatic N) is 16. The van der Waals surface area contributed by atoms with E-state index in [2.05, 4.69) is 206 Å². The summed E-state index contributed by atoms with van der Waals surface area (Å²) in [5, 5.41) is 28.7. The molecule has 3 atom stereocenters. The van der Waals surface area contributed by atoms with Crippen molar-refractivity contribution in [1.82, 2.24) is 78.4 Å². The molecule has 0 spiro atoms. The fourth-order valence-electron chi connectivity index (χ4n) is 22.7. The van der Waals surface area contributed by atoms with Gasteiger partial charge >= 0.3 is 0 Å². The van der Waals surface area contributed by atoms with Gasteiger partial charge in [-0.15, -0.1) is 0 Å². The number of hydrogen-bond donors (Lipinski definition) is 3. The van der Waals surface area contributed by atoms with Gasteiger partial charge < -0.3 is 54.5 Å². The maximum atomic E-state index is 13.1. The second-order valence-electron chi connectivity index (χ2n) is 45.5. The van der Waals surface area contributed by atoms with Crippen molar-refractivity contribution in [3.63, 3.8) is 0 Å². The quantitative estimate of drug-likeness (QED) is 0.125. The highest BCUT2D eigenvalue weighted by Crippen LogP contribution is 2.50. The lowest BCUT2D eigenvalue weighted by Gasteiger charge is -2.46. The van der Waals surface area contributed by atoms with E-state index in [1.54, 1.807) is 4.90 Å². The topological polar surface area (TPSA) is 249 Å². The number of carbonyl (C=O) groups is 8. The zero-order valence-electron chi connectivity index (χ0n) is 88.8. The first-order valence-electron chi connectivity index (χ1n) is 55.0. The van der Waals surface area contributed by atoms with Crippen LogP contribution in [-0.4, -0.2) is 422 Å². The molecular formula is C110H186F2N16O11. The molecule has 3 unspecified atom stereocenters. The van der Waals surface area contributed by atoms with Crippen molar-refractivity contribution in [2.45, 2.75) is 341 Å². The predicted octanol–water partition coefficient (Wildman–Crippen LogP) is 11.4. The number of rotatable bonds is 18. The molecule has 8 saturated heterocycles. The molecule has 0 bridgehead atoms. The van der Waals surface area contributed by atoms with E-state index >= 15 is 0 Å². The number of aliphatic hydroxyl groups excluding tert-OH is 2. The average Bonchev–Trinajstić information content (AvgIpc) is 1.61. The molecule has 16 aliphatic rings. The van der Waals surface area contributed by atoms with Crippen molar-refractivity contribution in [2.24, 2.45) is 29.6 Å². The molecule has 2 aromatic carbocycles. The number of amides is 8. The fraction of sp³-hybridized carbons (Fsp3) is 0.818. The summed E-state index contributed by atoms with van der Waals surface area (Å²) in [6.07, 6.45) is 18.7. The summed E-state index contributed by atoms with van der Waals surface area (Å²) in [7, 11) is 0. The molecule has 3 N–H and O–H groups in total. The molecule has 8 heterocycles. The van der Waals surface area contributed by atoms with Crippen LogP contribution in [0.4, 0.5) is 8.78 Å². The number of carbonyl (C=O) groups excluding carboxylic acids is 8. The van der Waals surface area contributed by atoms with Crippen molar-refractivity contribution in [1.29, 1.82) is 0 Å². The smallest absolute Gasteiger partial charge is 0.254 e. The Balaban J connectivity index is 0.000000153. The molecule has 27 nitrogen and oxygen atoms in total. The second kappa shape index (κ2) is 53.1. The molecule has 16 fully saturated rings. The Hall–Kier alpha value is -6.38. The second-order valence-corrected chi connectivity index (χ2v) is 45.5. The van der Waals surface area contributed by atoms with E-state index in [0.29, 0.717) is 128 Å². The maximum Gasteiger partial charge on any atom is 0.254 e. The Labute approximate surface area is 835 Å². The molecule has 8 aliphatic carbocycles. The number of hydrogen-bond acceptors (Lipinski definition) is 19. The highest BCUT2D eigenvalue weighted by molar-refractivity contribution is 5.92. The van der Waals surface area contributed by atoms with Crippen molar-refractivity contribution >= 4 is 47.3 Å². The zero-order chi connectivity index (χ0) is 101. The lowest BCUT2D eigenvalue weighted by molar-refractivity contribution is -0.144. The Kier molecular flexibility index (Phi) is 43.2. The molecule has 8 saturated carbocycles. The monoisotopic (exact) mass is 1950 g/mol. The third-order valence-corrected chi connectivity index (χ3v) is 33.5. The van der Waals surface area contributed by atoms with Gasteiger partial charge in [-0.3, -0.25) is 77.6 Å². The van der Waals surface area contributed by atoms with Gasteiger partial charge in [-0.25, -0.2) is 8.78 Å². The molecule has 2 aromatic rings. The van der Waals surface area contributed by atoms with Gasteiger partial charge in [0.1, 0.15) is 5.60 Å². The largest absolute Gasteiger partial charge is 0.393 e. The molecule has 8 aliphatic heterocycles. The van der Waals surface area contributed by atoms with E-state index in [9.17, 15) is 62.5 Å². The minimum Gasteiger partial charge on any atom is -0.393 e. The average molecular weight is 1950 g/mol. The summed E-state index contributed by atoms with van der Waals surface area (Å²) in [5.41, 5.74) is 1.02. The minimum atomic E-state index is -2.62. The number of benzene rings is 2. The molecule has 29 heteroatoms. The number of alkyl halides is 2. The standard InChI is InChI=1S/C18H26N2O.C17H24N2O.C14H26N2O2.C13H22F2N2O.C13H24N2O2.C13H24N2O.C11H20N2O2.C11H20N2O/c1-15(2)19-11-13-20(14-12-19)17(21)18(9-6-10-18)16-7-4-3-5-8-16;1-14(2)18-10-12-19(13-11-18)16(20)17(8-9-17)15-6-4-3-5-7-15;1-11(2)15-7-9-16(10-8-15)14(18)12-3-5-13(17)6-4-12;1-10(2)16-5-7-17(8-6-16)12(18)11-3-4-13(14,15)9-11;1-10(2)14-5-7-15(8-6-14)13(17)11-3-4-12(16)9-11;1-11(2)14-7-9-15(10-8-14)13(16)12-5-3-4-6-12;1-9(2)12-5-7-13(8-6-12)10(14)11(15)3-4-11;1-9(2)12-5-7-13(8-6-12)11(14)10-3-4-10/h3-5,7-8,15H,6,9-14H2,1-2H3;3-7,14H,8-13H2,1-2H3;11-13,17H,3-10H2,1-2H3;10-11H,3-9H2,1-2H3;10-12,16H,3-9H2,1-2H3;11-12H,3-10H2,1-2H3;9,15H,3-8H2,1-2H3;9-10H,3-8H2,1-2H3. The third kappa shape index (κ3) is 32.3. The maximum absolute atomic E-state index is 13.1. The first-order chi connectivity index (χ1) is 66.2. The summed E-state index contributed by atoms with van der Waals surface area (Å²) in [6, 6.07) is 25.3. The van der Waals surface area contributed by atoms with Crippen LogP contribution in [0.25, 0.3) is 0 Å². The number of piperazine rings is 8. The Bertz CT molecular complexity index is 4050. The minimum absolute atomic E-state index is 0.0501. The highest BCUT2D eigenvalue weighted by atomic mass is 19.3. The van der Waals surface area contributed by atoms with E-state index in [1.807, 2.05) is 39.0 Å². The molecule has 18 rings (SSSR count). The van der Waals surface area contributed by atoms with Crippen molar-refractivity contribution in [3.8, 4) is 0 Å². The fourth-order valence-corrected chi connectivity index (χ4v) is 22.7. The normalized spacial score (nSPS) is 26.1. The van der Waals surface area contributed by atoms with E-state index in [1.165, 1.54) is 30.4 Å². The predicted molar refractivity (Wildman–Crippen MR) is 548 cm³/mol. The zero-order valence-corrected chi connectivity index (χ0v) is 88.8. The third-order valence-electron chi connectivity index (χ3n) is 33.5. The summed E-state index contributed by atoms with van der Waals surface area (Å²) in [6.45, 7) is 64.6. The van der Waals surface area contributed by atoms with E-state index in [4.69, 9.17) is 0 Å². The van der Waals surface area contributed by atoms with Crippen molar-refractivity contribution in [2.75, 3.05) is 209 Å². The molecular weight excluding hydrogens is 1760 g/mol.